The number of epoxide rings is 2. The Morgan fingerprint density at radius 2 is 1.93 bits per heavy atom. The van der Waals surface area contributed by atoms with Gasteiger partial charge >= 0.3 is 6.09 Å². The largest absolute Gasteiger partial charge is 0.443 e. The van der Waals surface area contributed by atoms with Crippen LogP contribution >= 0.6 is 0 Å². The Balaban J connectivity index is 1.40. The molecule has 170 valence electrons. The van der Waals surface area contributed by atoms with Crippen LogP contribution in [0.1, 0.15) is 65.7 Å². The fraction of sp³-hybridized carbons (Fsp3) is 0.870. The summed E-state index contributed by atoms with van der Waals surface area (Å²) < 4.78 is 24.0. The van der Waals surface area contributed by atoms with E-state index in [1.807, 2.05) is 0 Å². The van der Waals surface area contributed by atoms with Gasteiger partial charge in [0.25, 0.3) is 0 Å². The first-order chi connectivity index (χ1) is 14.3. The third kappa shape index (κ3) is 4.40. The maximum Gasteiger partial charge on any atom is 0.407 e. The van der Waals surface area contributed by atoms with E-state index in [1.165, 1.54) is 5.57 Å². The molecule has 0 bridgehead atoms. The summed E-state index contributed by atoms with van der Waals surface area (Å²) in [7, 11) is 1.70. The molecule has 4 fully saturated rings. The fourth-order valence-corrected chi connectivity index (χ4v) is 5.67. The topological polar surface area (TPSA) is 98.6 Å². The first-order valence-electron chi connectivity index (χ1n) is 11.5. The summed E-state index contributed by atoms with van der Waals surface area (Å²) >= 11 is 0. The molecule has 0 radical (unpaired) electrons. The van der Waals surface area contributed by atoms with Crippen molar-refractivity contribution < 1.29 is 23.7 Å². The minimum absolute atomic E-state index is 0.0461. The average molecular weight is 423 g/mol. The molecule has 6 atom stereocenters. The Morgan fingerprint density at radius 3 is 2.53 bits per heavy atom. The van der Waals surface area contributed by atoms with Gasteiger partial charge in [0.2, 0.25) is 0 Å². The van der Waals surface area contributed by atoms with E-state index in [2.05, 4.69) is 32.2 Å². The molecule has 2 saturated heterocycles. The van der Waals surface area contributed by atoms with Crippen LogP contribution < -0.4 is 11.1 Å². The monoisotopic (exact) mass is 422 g/mol. The quantitative estimate of drug-likeness (QED) is 0.504. The Kier molecular flexibility index (Phi) is 6.19. The molecule has 4 aliphatic rings. The number of hydrogen-bond acceptors (Lipinski definition) is 6. The second-order valence-corrected chi connectivity index (χ2v) is 10.1. The number of hydrogen-bond donors (Lipinski definition) is 2. The maximum atomic E-state index is 12.6. The van der Waals surface area contributed by atoms with E-state index in [0.717, 1.165) is 51.6 Å². The van der Waals surface area contributed by atoms with Gasteiger partial charge in [0, 0.05) is 19.2 Å². The van der Waals surface area contributed by atoms with Crippen LogP contribution in [0.25, 0.3) is 0 Å². The molecule has 3 N–H and O–H groups in total. The van der Waals surface area contributed by atoms with Crippen LogP contribution in [-0.4, -0.2) is 61.4 Å². The second-order valence-electron chi connectivity index (χ2n) is 10.1. The van der Waals surface area contributed by atoms with Gasteiger partial charge in [-0.25, -0.2) is 4.79 Å². The summed E-state index contributed by atoms with van der Waals surface area (Å²) in [5.74, 6) is 0.0461. The average Bonchev–Trinajstić information content (AvgIpc) is 3.61. The molecule has 1 amide bonds. The summed E-state index contributed by atoms with van der Waals surface area (Å²) in [6, 6.07) is 0.401. The lowest BCUT2D eigenvalue weighted by Gasteiger charge is -2.42. The van der Waals surface area contributed by atoms with Gasteiger partial charge in [-0.05, 0) is 65.7 Å². The van der Waals surface area contributed by atoms with Crippen molar-refractivity contribution in [1.29, 1.82) is 0 Å². The summed E-state index contributed by atoms with van der Waals surface area (Å²) in [6.45, 7) is 7.09. The number of rotatable bonds is 6. The molecule has 2 aliphatic carbocycles. The minimum Gasteiger partial charge on any atom is -0.443 e. The summed E-state index contributed by atoms with van der Waals surface area (Å²) in [4.78, 5) is 12.6. The van der Waals surface area contributed by atoms with Gasteiger partial charge in [-0.3, -0.25) is 0 Å². The van der Waals surface area contributed by atoms with E-state index in [-0.39, 0.29) is 53.6 Å². The number of carbonyl (C=O) groups is 1. The number of nitrogens with two attached hydrogens (primary N) is 1. The van der Waals surface area contributed by atoms with Crippen LogP contribution in [-0.2, 0) is 18.9 Å². The van der Waals surface area contributed by atoms with Gasteiger partial charge in [-0.15, -0.1) is 0 Å². The highest BCUT2D eigenvalue weighted by atomic mass is 16.6. The number of ether oxygens (including phenoxy) is 4. The van der Waals surface area contributed by atoms with Crippen LogP contribution in [0.15, 0.2) is 11.6 Å². The van der Waals surface area contributed by atoms with E-state index in [1.54, 1.807) is 7.11 Å². The third-order valence-corrected chi connectivity index (χ3v) is 7.59. The maximum absolute atomic E-state index is 12.6. The molecule has 4 rings (SSSR count). The fourth-order valence-electron chi connectivity index (χ4n) is 5.67. The van der Waals surface area contributed by atoms with Crippen molar-refractivity contribution in [3.05, 3.63) is 11.6 Å². The van der Waals surface area contributed by atoms with Gasteiger partial charge in [0.05, 0.1) is 18.6 Å². The number of alkyl carbamates (subject to hydrolysis) is 1. The van der Waals surface area contributed by atoms with Crippen LogP contribution in [0, 0.1) is 5.92 Å². The van der Waals surface area contributed by atoms with Crippen molar-refractivity contribution in [3.63, 3.8) is 0 Å². The lowest BCUT2D eigenvalue weighted by molar-refractivity contribution is -0.118. The summed E-state index contributed by atoms with van der Waals surface area (Å²) in [6.07, 6.45) is 7.68. The Morgan fingerprint density at radius 1 is 1.23 bits per heavy atom. The summed E-state index contributed by atoms with van der Waals surface area (Å²) in [5.41, 5.74) is 6.74. The van der Waals surface area contributed by atoms with E-state index in [4.69, 9.17) is 24.7 Å². The standard InChI is InChI=1S/C23H38N2O5/c1-14(2)5-10-18-22(3,30-18)20-19(27-4)17(11-12-23(20)13-28-23)29-21(26)25-16-8-6-15(24)7-9-16/h5,15-20H,6-13,24H2,1-4H3,(H,25,26)/t15?,16?,17-,18+,19?,20?,22-,23-/m0/s1. The van der Waals surface area contributed by atoms with Crippen LogP contribution in [0.3, 0.4) is 0 Å². The van der Waals surface area contributed by atoms with Gasteiger partial charge < -0.3 is 30.0 Å². The second kappa shape index (κ2) is 8.41. The molecule has 7 heteroatoms. The smallest absolute Gasteiger partial charge is 0.407 e. The molecule has 0 aromatic heterocycles. The van der Waals surface area contributed by atoms with Crippen LogP contribution in [0.2, 0.25) is 0 Å². The zero-order valence-electron chi connectivity index (χ0n) is 18.8. The number of allylic oxidation sites excluding steroid dienone is 1. The van der Waals surface area contributed by atoms with E-state index >= 15 is 0 Å². The van der Waals surface area contributed by atoms with Crippen molar-refractivity contribution >= 4 is 6.09 Å². The molecule has 0 aromatic rings. The van der Waals surface area contributed by atoms with Gasteiger partial charge in [-0.2, -0.15) is 0 Å². The molecule has 2 saturated carbocycles. The normalized spacial score (nSPS) is 45.0. The number of amides is 1. The van der Waals surface area contributed by atoms with Gasteiger partial charge in [0.1, 0.15) is 23.4 Å². The highest BCUT2D eigenvalue weighted by molar-refractivity contribution is 5.68. The molecule has 2 unspecified atom stereocenters. The van der Waals surface area contributed by atoms with E-state index in [0.29, 0.717) is 0 Å². The Hall–Kier alpha value is -1.15. The van der Waals surface area contributed by atoms with Crippen molar-refractivity contribution in [2.45, 2.75) is 107 Å². The third-order valence-electron chi connectivity index (χ3n) is 7.59. The first-order valence-corrected chi connectivity index (χ1v) is 11.5. The van der Waals surface area contributed by atoms with E-state index < -0.39 is 0 Å². The van der Waals surface area contributed by atoms with Crippen molar-refractivity contribution in [2.24, 2.45) is 11.7 Å². The lowest BCUT2D eigenvalue weighted by Crippen LogP contribution is -2.56. The summed E-state index contributed by atoms with van der Waals surface area (Å²) in [5, 5.41) is 3.04. The van der Waals surface area contributed by atoms with Crippen LogP contribution in [0.4, 0.5) is 4.79 Å². The molecular weight excluding hydrogens is 384 g/mol. The molecular formula is C23H38N2O5. The number of methoxy groups -OCH3 is 1. The predicted molar refractivity (Wildman–Crippen MR) is 113 cm³/mol. The first kappa shape index (κ1) is 22.1. The molecule has 0 aromatic carbocycles. The minimum atomic E-state index is -0.350. The Labute approximate surface area is 180 Å². The van der Waals surface area contributed by atoms with Crippen molar-refractivity contribution in [1.82, 2.24) is 5.32 Å². The molecule has 30 heavy (non-hydrogen) atoms. The molecule has 2 aliphatic heterocycles. The SMILES string of the molecule is COC1C([C@@]2(C)O[C@@H]2CC=C(C)C)[C@]2(CC[C@@H]1OC(=O)NC1CCC(N)CC1)CO2. The molecule has 7 nitrogen and oxygen atoms in total. The zero-order valence-corrected chi connectivity index (χ0v) is 18.8. The van der Waals surface area contributed by atoms with Crippen LogP contribution in [0.5, 0.6) is 0 Å². The van der Waals surface area contributed by atoms with E-state index in [9.17, 15) is 4.79 Å². The van der Waals surface area contributed by atoms with Gasteiger partial charge in [0.15, 0.2) is 0 Å². The Bertz CT molecular complexity index is 667. The van der Waals surface area contributed by atoms with Crippen molar-refractivity contribution in [2.75, 3.05) is 13.7 Å². The molecule has 1 spiro atoms. The molecule has 2 heterocycles. The number of nitrogens with one attached hydrogen (secondary N) is 1. The lowest BCUT2D eigenvalue weighted by atomic mass is 9.68. The van der Waals surface area contributed by atoms with Gasteiger partial charge in [-0.1, -0.05) is 11.6 Å². The number of carbonyl (C=O) groups excluding carboxylic acids is 1. The highest BCUT2D eigenvalue weighted by Gasteiger charge is 2.72. The zero-order chi connectivity index (χ0) is 21.5. The highest BCUT2D eigenvalue weighted by Crippen LogP contribution is 2.59. The van der Waals surface area contributed by atoms with Crippen molar-refractivity contribution in [3.8, 4) is 0 Å². The predicted octanol–water partition coefficient (Wildman–Crippen LogP) is 3.06.